The number of ether oxygens (including phenoxy) is 2. The predicted octanol–water partition coefficient (Wildman–Crippen LogP) is -0.406. The Hall–Kier alpha value is -3.24. The zero-order chi connectivity index (χ0) is 17.8. The molecule has 12 heteroatoms. The molecule has 1 aliphatic rings. The van der Waals surface area contributed by atoms with Crippen molar-refractivity contribution in [3.8, 4) is 5.82 Å². The Bertz CT molecular complexity index is 857. The van der Waals surface area contributed by atoms with Crippen molar-refractivity contribution in [2.45, 2.75) is 31.7 Å². The van der Waals surface area contributed by atoms with Crippen LogP contribution in [-0.4, -0.2) is 49.0 Å². The van der Waals surface area contributed by atoms with Crippen molar-refractivity contribution in [1.29, 1.82) is 5.53 Å². The lowest BCUT2D eigenvalue weighted by Crippen LogP contribution is -2.29. The number of carbonyl (C=O) groups is 1. The van der Waals surface area contributed by atoms with E-state index in [1.165, 1.54) is 35.0 Å². The molecule has 12 nitrogen and oxygen atoms in total. The maximum atomic E-state index is 12.3. The van der Waals surface area contributed by atoms with Gasteiger partial charge in [-0.05, 0) is 6.07 Å². The second-order valence-electron chi connectivity index (χ2n) is 5.27. The standard InChI is InChI=1S/C13H15N8O4/c1-8(22)24-5-10-9(18-19-14)4-12(25-10)20-3-2-11(17-13(20)23)21-7-15-6-16-21/h2-3,6-7,9-10,12,14H,4-5H2,1H3/q+1. The molecule has 0 spiro atoms. The van der Waals surface area contributed by atoms with Gasteiger partial charge in [0.15, 0.2) is 11.9 Å². The van der Waals surface area contributed by atoms with E-state index in [2.05, 4.69) is 25.1 Å². The summed E-state index contributed by atoms with van der Waals surface area (Å²) in [6, 6.07) is 1.10. The van der Waals surface area contributed by atoms with Crippen LogP contribution in [0.2, 0.25) is 0 Å². The van der Waals surface area contributed by atoms with Gasteiger partial charge in [-0.25, -0.2) is 14.5 Å². The lowest BCUT2D eigenvalue weighted by Gasteiger charge is -2.15. The molecule has 1 saturated heterocycles. The van der Waals surface area contributed by atoms with Crippen LogP contribution in [0, 0.1) is 5.53 Å². The molecule has 3 atom stereocenters. The minimum absolute atomic E-state index is 0.0330. The number of rotatable bonds is 5. The monoisotopic (exact) mass is 347 g/mol. The van der Waals surface area contributed by atoms with E-state index in [0.29, 0.717) is 12.2 Å². The maximum Gasteiger partial charge on any atom is 0.351 e. The molecule has 130 valence electrons. The minimum atomic E-state index is -0.652. The van der Waals surface area contributed by atoms with Crippen molar-refractivity contribution in [3.63, 3.8) is 0 Å². The molecule has 1 fully saturated rings. The smallest absolute Gasteiger partial charge is 0.351 e. The molecule has 0 amide bonds. The SMILES string of the molecule is CC(=O)OCC1OC(n2ccc(-n3cncn3)nc2=O)CC1N=[N+]=N. The third kappa shape index (κ3) is 3.65. The van der Waals surface area contributed by atoms with E-state index in [1.54, 1.807) is 6.07 Å². The molecule has 0 saturated carbocycles. The van der Waals surface area contributed by atoms with Crippen LogP contribution in [0.3, 0.4) is 0 Å². The third-order valence-corrected chi connectivity index (χ3v) is 3.64. The Morgan fingerprint density at radius 3 is 3.08 bits per heavy atom. The van der Waals surface area contributed by atoms with Crippen molar-refractivity contribution in [2.24, 2.45) is 5.11 Å². The summed E-state index contributed by atoms with van der Waals surface area (Å²) in [5.74, 6) is -0.125. The highest BCUT2D eigenvalue weighted by atomic mass is 16.6. The van der Waals surface area contributed by atoms with Gasteiger partial charge in [0.2, 0.25) is 4.91 Å². The minimum Gasteiger partial charge on any atom is -0.463 e. The van der Waals surface area contributed by atoms with Gasteiger partial charge in [0.1, 0.15) is 42.2 Å². The van der Waals surface area contributed by atoms with Crippen molar-refractivity contribution >= 4 is 5.97 Å². The van der Waals surface area contributed by atoms with Crippen LogP contribution in [-0.2, 0) is 14.3 Å². The molecule has 3 heterocycles. The molecule has 0 radical (unpaired) electrons. The molecule has 0 aliphatic carbocycles. The summed E-state index contributed by atoms with van der Waals surface area (Å²) in [5, 5.41) is 7.67. The van der Waals surface area contributed by atoms with Crippen LogP contribution in [0.15, 0.2) is 34.8 Å². The average molecular weight is 347 g/mol. The predicted molar refractivity (Wildman–Crippen MR) is 79.6 cm³/mol. The molecular weight excluding hydrogens is 332 g/mol. The van der Waals surface area contributed by atoms with Gasteiger partial charge >= 0.3 is 11.7 Å². The Kier molecular flexibility index (Phi) is 4.73. The summed E-state index contributed by atoms with van der Waals surface area (Å²) in [6.45, 7) is 1.25. The lowest BCUT2D eigenvalue weighted by atomic mass is 10.1. The molecule has 1 N–H and O–H groups in total. The van der Waals surface area contributed by atoms with Gasteiger partial charge in [-0.15, -0.1) is 0 Å². The molecule has 0 aromatic carbocycles. The molecule has 0 bridgehead atoms. The first-order valence-corrected chi connectivity index (χ1v) is 7.38. The molecule has 25 heavy (non-hydrogen) atoms. The number of aromatic nitrogens is 5. The molecule has 3 unspecified atom stereocenters. The van der Waals surface area contributed by atoms with E-state index in [0.717, 1.165) is 0 Å². The van der Waals surface area contributed by atoms with Crippen LogP contribution in [0.4, 0.5) is 0 Å². The van der Waals surface area contributed by atoms with Crippen molar-refractivity contribution < 1.29 is 14.3 Å². The van der Waals surface area contributed by atoms with Crippen LogP contribution >= 0.6 is 0 Å². The van der Waals surface area contributed by atoms with Crippen LogP contribution < -0.4 is 10.6 Å². The summed E-state index contributed by atoms with van der Waals surface area (Å²) in [4.78, 5) is 34.0. The summed E-state index contributed by atoms with van der Waals surface area (Å²) in [5.41, 5.74) is 6.36. The first-order valence-electron chi connectivity index (χ1n) is 7.38. The zero-order valence-corrected chi connectivity index (χ0v) is 13.2. The quantitative estimate of drug-likeness (QED) is 0.438. The second kappa shape index (κ2) is 7.11. The topological polar surface area (TPSA) is 151 Å². The normalized spacial score (nSPS) is 22.4. The summed E-state index contributed by atoms with van der Waals surface area (Å²) >= 11 is 0. The Morgan fingerprint density at radius 1 is 1.60 bits per heavy atom. The Morgan fingerprint density at radius 2 is 2.44 bits per heavy atom. The maximum absolute atomic E-state index is 12.3. The molecule has 1 aliphatic heterocycles. The number of nitrogens with zero attached hydrogens (tertiary/aromatic N) is 7. The van der Waals surface area contributed by atoms with E-state index < -0.39 is 30.0 Å². The van der Waals surface area contributed by atoms with Gasteiger partial charge in [0.25, 0.3) is 0 Å². The summed E-state index contributed by atoms with van der Waals surface area (Å²) in [7, 11) is 0. The van der Waals surface area contributed by atoms with Crippen molar-refractivity contribution in [2.75, 3.05) is 6.61 Å². The van der Waals surface area contributed by atoms with Gasteiger partial charge in [-0.3, -0.25) is 9.36 Å². The zero-order valence-electron chi connectivity index (χ0n) is 13.2. The highest BCUT2D eigenvalue weighted by molar-refractivity contribution is 5.65. The van der Waals surface area contributed by atoms with Gasteiger partial charge in [0.05, 0.1) is 0 Å². The largest absolute Gasteiger partial charge is 0.463 e. The van der Waals surface area contributed by atoms with Gasteiger partial charge < -0.3 is 9.47 Å². The van der Waals surface area contributed by atoms with Crippen molar-refractivity contribution in [3.05, 3.63) is 35.4 Å². The summed E-state index contributed by atoms with van der Waals surface area (Å²) in [6.07, 6.45) is 3.35. The van der Waals surface area contributed by atoms with Gasteiger partial charge in [-0.2, -0.15) is 10.1 Å². The highest BCUT2D eigenvalue weighted by Gasteiger charge is 2.40. The van der Waals surface area contributed by atoms with Crippen LogP contribution in [0.5, 0.6) is 0 Å². The fourth-order valence-corrected chi connectivity index (χ4v) is 2.51. The van der Waals surface area contributed by atoms with E-state index >= 15 is 0 Å². The van der Waals surface area contributed by atoms with E-state index in [4.69, 9.17) is 15.0 Å². The van der Waals surface area contributed by atoms with Crippen LogP contribution in [0.25, 0.3) is 5.82 Å². The van der Waals surface area contributed by atoms with E-state index in [1.807, 2.05) is 0 Å². The third-order valence-electron chi connectivity index (χ3n) is 3.64. The fourth-order valence-electron chi connectivity index (χ4n) is 2.51. The molecule has 2 aromatic heterocycles. The Labute approximate surface area is 140 Å². The number of carbonyl (C=O) groups excluding carboxylic acids is 1. The number of hydrogen-bond acceptors (Lipinski definition) is 9. The highest BCUT2D eigenvalue weighted by Crippen LogP contribution is 2.29. The van der Waals surface area contributed by atoms with E-state index in [-0.39, 0.29) is 6.61 Å². The first kappa shape index (κ1) is 16.6. The second-order valence-corrected chi connectivity index (χ2v) is 5.27. The number of hydrogen-bond donors (Lipinski definition) is 1. The number of esters is 1. The van der Waals surface area contributed by atoms with Gasteiger partial charge in [-0.1, -0.05) is 0 Å². The average Bonchev–Trinajstić information content (AvgIpc) is 3.23. The lowest BCUT2D eigenvalue weighted by molar-refractivity contribution is -0.146. The molecule has 2 aromatic rings. The number of nitrogens with one attached hydrogen (secondary N) is 1. The van der Waals surface area contributed by atoms with E-state index in [9.17, 15) is 9.59 Å². The van der Waals surface area contributed by atoms with Crippen LogP contribution in [0.1, 0.15) is 19.6 Å². The molecular formula is C13H15N8O4+. The molecule has 3 rings (SSSR count). The summed E-state index contributed by atoms with van der Waals surface area (Å²) < 4.78 is 13.4. The fraction of sp³-hybridized carbons (Fsp3) is 0.462. The first-order chi connectivity index (χ1) is 12.1. The van der Waals surface area contributed by atoms with Gasteiger partial charge in [0, 0.05) is 19.5 Å². The van der Waals surface area contributed by atoms with Crippen molar-refractivity contribution in [1.82, 2.24) is 29.2 Å². The Balaban J connectivity index is 1.80.